The van der Waals surface area contributed by atoms with Gasteiger partial charge < -0.3 is 13.9 Å². The fourth-order valence-corrected chi connectivity index (χ4v) is 8.45. The highest BCUT2D eigenvalue weighted by Crippen LogP contribution is 2.49. The molecule has 2 heterocycles. The molecule has 0 unspecified atom stereocenters. The summed E-state index contributed by atoms with van der Waals surface area (Å²) in [5.74, 6) is 0.852. The van der Waals surface area contributed by atoms with E-state index in [-0.39, 0.29) is 5.41 Å². The maximum absolute atomic E-state index is 15.5. The Morgan fingerprint density at radius 2 is 1.39 bits per heavy atom. The van der Waals surface area contributed by atoms with Gasteiger partial charge in [-0.05, 0) is 40.3 Å². The minimum Gasteiger partial charge on any atom is -0.497 e. The fourth-order valence-electron chi connectivity index (χ4n) is 5.56. The van der Waals surface area contributed by atoms with E-state index in [1.807, 2.05) is 66.7 Å². The number of hydrogen-bond acceptors (Lipinski definition) is 2. The molecule has 0 aliphatic carbocycles. The molecule has 5 aromatic rings. The lowest BCUT2D eigenvalue weighted by Gasteiger charge is -2.22. The molecule has 0 saturated heterocycles. The zero-order valence-electron chi connectivity index (χ0n) is 22.3. The summed E-state index contributed by atoms with van der Waals surface area (Å²) in [5.41, 5.74) is 6.99. The molecule has 0 radical (unpaired) electrons. The Balaban J connectivity index is 1.65. The van der Waals surface area contributed by atoms with Gasteiger partial charge in [-0.25, -0.2) is 0 Å². The van der Waals surface area contributed by atoms with Crippen molar-refractivity contribution in [2.75, 3.05) is 7.11 Å². The Kier molecular flexibility index (Phi) is 5.93. The van der Waals surface area contributed by atoms with E-state index in [0.29, 0.717) is 0 Å². The molecule has 6 rings (SSSR count). The van der Waals surface area contributed by atoms with Gasteiger partial charge in [0.25, 0.3) is 0 Å². The van der Waals surface area contributed by atoms with Gasteiger partial charge in [0.1, 0.15) is 5.75 Å². The van der Waals surface area contributed by atoms with Crippen molar-refractivity contribution in [2.24, 2.45) is 0 Å². The van der Waals surface area contributed by atoms with Gasteiger partial charge in [-0.2, -0.15) is 0 Å². The standard InChI is InChI=1S/C34H32NO2P/c1-34(2,3)26-17-15-24(16-18-26)33-31-22-25-21-27(37-4)19-20-30(25)35(31)23-32(33)38(36,28-11-7-5-8-12-28)29-13-9-6-10-14-29/h5-21,23H,22H2,1-4H3. The zero-order valence-corrected chi connectivity index (χ0v) is 23.2. The third kappa shape index (κ3) is 3.94. The summed E-state index contributed by atoms with van der Waals surface area (Å²) in [5, 5.41) is 2.57. The van der Waals surface area contributed by atoms with Gasteiger partial charge in [-0.1, -0.05) is 106 Å². The van der Waals surface area contributed by atoms with Crippen LogP contribution in [-0.4, -0.2) is 11.7 Å². The number of hydrogen-bond donors (Lipinski definition) is 0. The molecule has 0 bridgehead atoms. The molecule has 1 aromatic heterocycles. The number of ether oxygens (including phenoxy) is 1. The van der Waals surface area contributed by atoms with Crippen LogP contribution in [0.2, 0.25) is 0 Å². The van der Waals surface area contributed by atoms with E-state index in [1.54, 1.807) is 7.11 Å². The van der Waals surface area contributed by atoms with Crippen LogP contribution in [0.25, 0.3) is 16.8 Å². The van der Waals surface area contributed by atoms with Crippen LogP contribution < -0.4 is 20.7 Å². The molecular weight excluding hydrogens is 485 g/mol. The van der Waals surface area contributed by atoms with Crippen LogP contribution in [0, 0.1) is 0 Å². The lowest BCUT2D eigenvalue weighted by atomic mass is 9.86. The van der Waals surface area contributed by atoms with E-state index in [4.69, 9.17) is 4.74 Å². The van der Waals surface area contributed by atoms with Crippen molar-refractivity contribution in [2.45, 2.75) is 32.6 Å². The molecule has 4 heteroatoms. The van der Waals surface area contributed by atoms with Crippen LogP contribution in [-0.2, 0) is 16.4 Å². The zero-order chi connectivity index (χ0) is 26.5. The monoisotopic (exact) mass is 517 g/mol. The number of aromatic nitrogens is 1. The van der Waals surface area contributed by atoms with Gasteiger partial charge in [0.05, 0.1) is 7.11 Å². The van der Waals surface area contributed by atoms with E-state index in [0.717, 1.165) is 44.9 Å². The van der Waals surface area contributed by atoms with E-state index < -0.39 is 7.14 Å². The first-order valence-electron chi connectivity index (χ1n) is 13.0. The molecule has 3 nitrogen and oxygen atoms in total. The highest BCUT2D eigenvalue weighted by atomic mass is 31.2. The van der Waals surface area contributed by atoms with Crippen LogP contribution in [0.3, 0.4) is 0 Å². The van der Waals surface area contributed by atoms with Crippen LogP contribution in [0.1, 0.15) is 37.6 Å². The van der Waals surface area contributed by atoms with Gasteiger partial charge in [-0.15, -0.1) is 0 Å². The predicted molar refractivity (Wildman–Crippen MR) is 159 cm³/mol. The van der Waals surface area contributed by atoms with Gasteiger partial charge in [0, 0.05) is 45.5 Å². The SMILES string of the molecule is COc1ccc2c(c1)Cc1c(-c3ccc(C(C)(C)C)cc3)c(P(=O)(c3ccccc3)c3ccccc3)cn1-2. The number of rotatable bonds is 5. The number of methoxy groups -OCH3 is 1. The Hall–Kier alpha value is -3.81. The van der Waals surface area contributed by atoms with Crippen LogP contribution in [0.15, 0.2) is 109 Å². The Morgan fingerprint density at radius 1 is 0.789 bits per heavy atom. The minimum atomic E-state index is -3.18. The van der Waals surface area contributed by atoms with Crippen molar-refractivity contribution >= 4 is 23.1 Å². The molecule has 0 fully saturated rings. The Bertz CT molecular complexity index is 1620. The second kappa shape index (κ2) is 9.19. The van der Waals surface area contributed by atoms with Gasteiger partial charge in [0.15, 0.2) is 7.14 Å². The molecule has 38 heavy (non-hydrogen) atoms. The van der Waals surface area contributed by atoms with E-state index in [1.165, 1.54) is 16.8 Å². The van der Waals surface area contributed by atoms with Crippen molar-refractivity contribution in [3.8, 4) is 22.6 Å². The summed E-state index contributed by atoms with van der Waals surface area (Å²) >= 11 is 0. The van der Waals surface area contributed by atoms with Crippen LogP contribution >= 0.6 is 7.14 Å². The summed E-state index contributed by atoms with van der Waals surface area (Å²) in [7, 11) is -1.48. The number of nitrogens with zero attached hydrogens (tertiary/aromatic N) is 1. The molecule has 0 atom stereocenters. The normalized spacial score (nSPS) is 12.7. The summed E-state index contributed by atoms with van der Waals surface area (Å²) in [4.78, 5) is 0. The van der Waals surface area contributed by atoms with Gasteiger partial charge in [-0.3, -0.25) is 0 Å². The van der Waals surface area contributed by atoms with Crippen LogP contribution in [0.5, 0.6) is 5.75 Å². The molecule has 1 aliphatic rings. The first-order chi connectivity index (χ1) is 18.3. The summed E-state index contributed by atoms with van der Waals surface area (Å²) in [6, 6.07) is 34.9. The van der Waals surface area contributed by atoms with Crippen molar-refractivity contribution < 1.29 is 9.30 Å². The third-order valence-electron chi connectivity index (χ3n) is 7.61. The predicted octanol–water partition coefficient (Wildman–Crippen LogP) is 6.99. The lowest BCUT2D eigenvalue weighted by Crippen LogP contribution is -2.25. The highest BCUT2D eigenvalue weighted by Gasteiger charge is 2.37. The maximum Gasteiger partial charge on any atom is 0.173 e. The first-order valence-corrected chi connectivity index (χ1v) is 14.8. The third-order valence-corrected chi connectivity index (χ3v) is 10.7. The van der Waals surface area contributed by atoms with Crippen molar-refractivity contribution in [3.63, 3.8) is 0 Å². The van der Waals surface area contributed by atoms with Crippen molar-refractivity contribution in [1.82, 2.24) is 4.57 Å². The molecular formula is C34H32NO2P. The van der Waals surface area contributed by atoms with Crippen molar-refractivity contribution in [1.29, 1.82) is 0 Å². The number of fused-ring (bicyclic) bond motifs is 3. The largest absolute Gasteiger partial charge is 0.497 e. The molecule has 0 amide bonds. The fraction of sp³-hybridized carbons (Fsp3) is 0.176. The molecule has 0 saturated carbocycles. The topological polar surface area (TPSA) is 31.2 Å². The van der Waals surface area contributed by atoms with Crippen molar-refractivity contribution in [3.05, 3.63) is 126 Å². The molecule has 190 valence electrons. The van der Waals surface area contributed by atoms with Gasteiger partial charge >= 0.3 is 0 Å². The average Bonchev–Trinajstić information content (AvgIpc) is 3.49. The Morgan fingerprint density at radius 3 is 1.95 bits per heavy atom. The highest BCUT2D eigenvalue weighted by molar-refractivity contribution is 7.85. The summed E-state index contributed by atoms with van der Waals surface area (Å²) in [6.45, 7) is 6.69. The molecule has 1 aliphatic heterocycles. The van der Waals surface area contributed by atoms with E-state index >= 15 is 4.57 Å². The molecule has 0 N–H and O–H groups in total. The second-order valence-corrected chi connectivity index (χ2v) is 13.7. The Labute approximate surface area is 225 Å². The minimum absolute atomic E-state index is 0.0558. The molecule has 0 spiro atoms. The quantitative estimate of drug-likeness (QED) is 0.231. The van der Waals surface area contributed by atoms with Gasteiger partial charge in [0.2, 0.25) is 0 Å². The van der Waals surface area contributed by atoms with E-state index in [9.17, 15) is 0 Å². The average molecular weight is 518 g/mol. The summed E-state index contributed by atoms with van der Waals surface area (Å²) < 4.78 is 23.3. The lowest BCUT2D eigenvalue weighted by molar-refractivity contribution is 0.414. The summed E-state index contributed by atoms with van der Waals surface area (Å²) in [6.07, 6.45) is 2.88. The molecule has 4 aromatic carbocycles. The van der Waals surface area contributed by atoms with Crippen LogP contribution in [0.4, 0.5) is 0 Å². The number of benzene rings is 4. The van der Waals surface area contributed by atoms with E-state index in [2.05, 4.69) is 67.9 Å². The second-order valence-electron chi connectivity index (χ2n) is 11.0. The maximum atomic E-state index is 15.5. The smallest absolute Gasteiger partial charge is 0.173 e. The first kappa shape index (κ1) is 24.5.